The summed E-state index contributed by atoms with van der Waals surface area (Å²) < 4.78 is 0.978. The van der Waals surface area contributed by atoms with Crippen LogP contribution in [0.2, 0.25) is 0 Å². The normalized spacial score (nSPS) is 15.7. The number of carbonyl (C=O) groups excluding carboxylic acids is 1. The zero-order chi connectivity index (χ0) is 10.1. The zero-order valence-corrected chi connectivity index (χ0v) is 9.65. The minimum Gasteiger partial charge on any atom is -0.384 e. The number of nitrogens with one attached hydrogen (secondary N) is 1. The maximum atomic E-state index is 11.7. The molecule has 0 bridgehead atoms. The van der Waals surface area contributed by atoms with Crippen LogP contribution in [0.3, 0.4) is 0 Å². The highest BCUT2D eigenvalue weighted by atomic mass is 79.9. The second kappa shape index (κ2) is 3.73. The van der Waals surface area contributed by atoms with Gasteiger partial charge < -0.3 is 5.32 Å². The molecule has 2 rings (SSSR count). The van der Waals surface area contributed by atoms with E-state index in [9.17, 15) is 4.79 Å². The Labute approximate surface area is 91.8 Å². The molecule has 0 radical (unpaired) electrons. The summed E-state index contributed by atoms with van der Waals surface area (Å²) in [4.78, 5) is 11.7. The molecule has 1 heterocycles. The van der Waals surface area contributed by atoms with E-state index in [1.807, 2.05) is 19.1 Å². The molecule has 1 aromatic rings. The predicted molar refractivity (Wildman–Crippen MR) is 60.9 cm³/mol. The lowest BCUT2D eigenvalue weighted by Gasteiger charge is -2.10. The third-order valence-corrected chi connectivity index (χ3v) is 2.94. The number of benzene rings is 1. The van der Waals surface area contributed by atoms with Crippen LogP contribution in [-0.2, 0) is 0 Å². The highest BCUT2D eigenvalue weighted by Crippen LogP contribution is 2.28. The quantitative estimate of drug-likeness (QED) is 0.770. The Kier molecular flexibility index (Phi) is 2.59. The number of anilines is 1. The van der Waals surface area contributed by atoms with Crippen LogP contribution in [-0.4, -0.2) is 12.3 Å². The first kappa shape index (κ1) is 9.71. The van der Waals surface area contributed by atoms with Crippen LogP contribution in [0.25, 0.3) is 0 Å². The minimum absolute atomic E-state index is 0.245. The molecule has 1 aliphatic rings. The monoisotopic (exact) mass is 253 g/mol. The summed E-state index contributed by atoms with van der Waals surface area (Å²) in [5.74, 6) is 0.245. The van der Waals surface area contributed by atoms with Gasteiger partial charge >= 0.3 is 0 Å². The Morgan fingerprint density at radius 1 is 1.43 bits per heavy atom. The maximum Gasteiger partial charge on any atom is 0.165 e. The maximum absolute atomic E-state index is 11.7. The van der Waals surface area contributed by atoms with Crippen molar-refractivity contribution in [3.63, 3.8) is 0 Å². The van der Waals surface area contributed by atoms with Crippen LogP contribution in [0.4, 0.5) is 5.69 Å². The van der Waals surface area contributed by atoms with Gasteiger partial charge in [0.15, 0.2) is 5.78 Å². The first-order valence-electron chi connectivity index (χ1n) is 4.75. The molecule has 74 valence electrons. The fraction of sp³-hybridized carbons (Fsp3) is 0.364. The molecule has 0 atom stereocenters. The van der Waals surface area contributed by atoms with Gasteiger partial charge in [-0.15, -0.1) is 0 Å². The summed E-state index contributed by atoms with van der Waals surface area (Å²) >= 11 is 3.41. The van der Waals surface area contributed by atoms with E-state index in [0.29, 0.717) is 6.42 Å². The van der Waals surface area contributed by atoms with Gasteiger partial charge in [-0.1, -0.05) is 15.9 Å². The summed E-state index contributed by atoms with van der Waals surface area (Å²) in [6, 6.07) is 3.94. The van der Waals surface area contributed by atoms with Gasteiger partial charge in [0.05, 0.1) is 0 Å². The second-order valence-electron chi connectivity index (χ2n) is 3.60. The van der Waals surface area contributed by atoms with Gasteiger partial charge in [-0.25, -0.2) is 0 Å². The molecule has 0 spiro atoms. The summed E-state index contributed by atoms with van der Waals surface area (Å²) in [7, 11) is 0. The molecular weight excluding hydrogens is 242 g/mol. The van der Waals surface area contributed by atoms with Gasteiger partial charge in [-0.2, -0.15) is 0 Å². The van der Waals surface area contributed by atoms with Crippen molar-refractivity contribution in [1.29, 1.82) is 0 Å². The lowest BCUT2D eigenvalue weighted by molar-refractivity contribution is 0.0983. The molecule has 0 saturated carbocycles. The average molecular weight is 254 g/mol. The van der Waals surface area contributed by atoms with E-state index in [-0.39, 0.29) is 5.78 Å². The van der Waals surface area contributed by atoms with E-state index in [1.165, 1.54) is 0 Å². The lowest BCUT2D eigenvalue weighted by atomic mass is 10.0. The topological polar surface area (TPSA) is 29.1 Å². The average Bonchev–Trinajstić information content (AvgIpc) is 2.29. The number of Topliss-reactive ketones (excluding diaryl/α,β-unsaturated/α-hetero) is 1. The van der Waals surface area contributed by atoms with Crippen molar-refractivity contribution in [3.05, 3.63) is 27.7 Å². The number of carbonyl (C=O) groups is 1. The molecule has 0 saturated heterocycles. The summed E-state index contributed by atoms with van der Waals surface area (Å²) in [5, 5.41) is 3.31. The molecule has 14 heavy (non-hydrogen) atoms. The highest BCUT2D eigenvalue weighted by molar-refractivity contribution is 9.10. The van der Waals surface area contributed by atoms with E-state index in [0.717, 1.165) is 34.3 Å². The number of hydrogen-bond acceptors (Lipinski definition) is 2. The smallest absolute Gasteiger partial charge is 0.165 e. The standard InChI is InChI=1S/C11H12BrNO/c1-7-5-8(12)6-9-10(14)3-2-4-13-11(7)9/h5-6,13H,2-4H2,1H3. The van der Waals surface area contributed by atoms with Gasteiger partial charge in [0.2, 0.25) is 0 Å². The molecular formula is C11H12BrNO. The van der Waals surface area contributed by atoms with Crippen molar-refractivity contribution in [2.24, 2.45) is 0 Å². The molecule has 0 amide bonds. The number of fused-ring (bicyclic) bond motifs is 1. The minimum atomic E-state index is 0.245. The van der Waals surface area contributed by atoms with Crippen LogP contribution >= 0.6 is 15.9 Å². The van der Waals surface area contributed by atoms with Crippen LogP contribution in [0.5, 0.6) is 0 Å². The fourth-order valence-electron chi connectivity index (χ4n) is 1.79. The van der Waals surface area contributed by atoms with Crippen molar-refractivity contribution in [2.75, 3.05) is 11.9 Å². The van der Waals surface area contributed by atoms with Crippen molar-refractivity contribution in [3.8, 4) is 0 Å². The third-order valence-electron chi connectivity index (χ3n) is 2.48. The lowest BCUT2D eigenvalue weighted by Crippen LogP contribution is -2.02. The van der Waals surface area contributed by atoms with Crippen molar-refractivity contribution >= 4 is 27.4 Å². The third kappa shape index (κ3) is 1.69. The van der Waals surface area contributed by atoms with E-state index in [1.54, 1.807) is 0 Å². The molecule has 2 nitrogen and oxygen atoms in total. The van der Waals surface area contributed by atoms with Gasteiger partial charge in [-0.3, -0.25) is 4.79 Å². The molecule has 0 aliphatic carbocycles. The van der Waals surface area contributed by atoms with Crippen LogP contribution in [0.1, 0.15) is 28.8 Å². The first-order valence-corrected chi connectivity index (χ1v) is 5.55. The Morgan fingerprint density at radius 3 is 3.00 bits per heavy atom. The predicted octanol–water partition coefficient (Wildman–Crippen LogP) is 3.15. The van der Waals surface area contributed by atoms with Gasteiger partial charge in [-0.05, 0) is 31.0 Å². The van der Waals surface area contributed by atoms with Crippen molar-refractivity contribution < 1.29 is 4.79 Å². The Bertz CT molecular complexity index is 387. The van der Waals surface area contributed by atoms with Crippen molar-refractivity contribution in [1.82, 2.24) is 0 Å². The Balaban J connectivity index is 2.58. The molecule has 1 N–H and O–H groups in total. The number of rotatable bonds is 0. The number of aryl methyl sites for hydroxylation is 1. The molecule has 0 unspecified atom stereocenters. The molecule has 3 heteroatoms. The van der Waals surface area contributed by atoms with Gasteiger partial charge in [0.1, 0.15) is 0 Å². The zero-order valence-electron chi connectivity index (χ0n) is 8.06. The fourth-order valence-corrected chi connectivity index (χ4v) is 2.37. The van der Waals surface area contributed by atoms with Crippen molar-refractivity contribution in [2.45, 2.75) is 19.8 Å². The SMILES string of the molecule is Cc1cc(Br)cc2c1NCCCC2=O. The highest BCUT2D eigenvalue weighted by Gasteiger charge is 2.17. The van der Waals surface area contributed by atoms with Gasteiger partial charge in [0, 0.05) is 28.7 Å². The van der Waals surface area contributed by atoms with Crippen LogP contribution in [0, 0.1) is 6.92 Å². The molecule has 1 aromatic carbocycles. The first-order chi connectivity index (χ1) is 6.68. The largest absolute Gasteiger partial charge is 0.384 e. The van der Waals surface area contributed by atoms with Crippen LogP contribution < -0.4 is 5.32 Å². The second-order valence-corrected chi connectivity index (χ2v) is 4.51. The van der Waals surface area contributed by atoms with E-state index < -0.39 is 0 Å². The summed E-state index contributed by atoms with van der Waals surface area (Å²) in [6.07, 6.45) is 1.57. The molecule has 1 aliphatic heterocycles. The van der Waals surface area contributed by atoms with E-state index in [4.69, 9.17) is 0 Å². The molecule has 0 aromatic heterocycles. The Hall–Kier alpha value is -0.830. The molecule has 0 fully saturated rings. The number of ketones is 1. The summed E-state index contributed by atoms with van der Waals surface area (Å²) in [6.45, 7) is 2.91. The van der Waals surface area contributed by atoms with E-state index in [2.05, 4.69) is 21.2 Å². The van der Waals surface area contributed by atoms with Crippen LogP contribution in [0.15, 0.2) is 16.6 Å². The summed E-state index contributed by atoms with van der Waals surface area (Å²) in [5.41, 5.74) is 2.97. The van der Waals surface area contributed by atoms with E-state index >= 15 is 0 Å². The van der Waals surface area contributed by atoms with Gasteiger partial charge in [0.25, 0.3) is 0 Å². The Morgan fingerprint density at radius 2 is 2.21 bits per heavy atom. The number of hydrogen-bond donors (Lipinski definition) is 1. The number of halogens is 1.